The molecule has 10 nitrogen and oxygen atoms in total. The second-order valence-electron chi connectivity index (χ2n) is 10.9. The Bertz CT molecular complexity index is 1200. The number of rotatable bonds is 8. The zero-order chi connectivity index (χ0) is 29.3. The van der Waals surface area contributed by atoms with Gasteiger partial charge in [0.1, 0.15) is 5.75 Å². The molecule has 4 atom stereocenters. The maximum atomic E-state index is 14.0. The van der Waals surface area contributed by atoms with Crippen LogP contribution in [-0.2, 0) is 21.3 Å². The van der Waals surface area contributed by atoms with E-state index in [1.54, 1.807) is 36.4 Å². The van der Waals surface area contributed by atoms with Crippen molar-refractivity contribution in [1.29, 1.82) is 0 Å². The van der Waals surface area contributed by atoms with Gasteiger partial charge in [-0.15, -0.1) is 0 Å². The number of nitrogens with zero attached hydrogens (tertiary/aromatic N) is 3. The van der Waals surface area contributed by atoms with Gasteiger partial charge < -0.3 is 19.5 Å². The number of hydrogen-bond acceptors (Lipinski definition) is 8. The summed E-state index contributed by atoms with van der Waals surface area (Å²) in [5, 5.41) is 10.1. The van der Waals surface area contributed by atoms with Crippen molar-refractivity contribution in [1.82, 2.24) is 14.8 Å². The van der Waals surface area contributed by atoms with Crippen LogP contribution < -0.4 is 9.46 Å². The lowest BCUT2D eigenvalue weighted by molar-refractivity contribution is -0.0177. The summed E-state index contributed by atoms with van der Waals surface area (Å²) >= 11 is 0. The molecule has 1 aromatic heterocycles. The van der Waals surface area contributed by atoms with Crippen molar-refractivity contribution in [3.63, 3.8) is 0 Å². The van der Waals surface area contributed by atoms with E-state index in [9.17, 15) is 18.3 Å². The third-order valence-corrected chi connectivity index (χ3v) is 7.65. The number of hydrogen-bond donors (Lipinski definition) is 2. The van der Waals surface area contributed by atoms with Crippen LogP contribution in [0.3, 0.4) is 0 Å². The van der Waals surface area contributed by atoms with Crippen LogP contribution in [-0.4, -0.2) is 92.1 Å². The normalized spacial score (nSPS) is 22.2. The molecule has 2 heterocycles. The molecule has 0 saturated heterocycles. The Morgan fingerprint density at radius 3 is 2.60 bits per heavy atom. The highest BCUT2D eigenvalue weighted by Gasteiger charge is 2.30. The molecule has 1 aliphatic heterocycles. The van der Waals surface area contributed by atoms with Gasteiger partial charge in [0.05, 0.1) is 36.7 Å². The Morgan fingerprint density at radius 1 is 1.20 bits per heavy atom. The first-order chi connectivity index (χ1) is 19.0. The number of aliphatic hydroxyl groups excluding tert-OH is 1. The number of amides is 1. The number of aromatic nitrogens is 1. The number of benzene rings is 1. The second kappa shape index (κ2) is 14.8. The van der Waals surface area contributed by atoms with E-state index in [1.807, 2.05) is 26.1 Å². The van der Waals surface area contributed by atoms with Gasteiger partial charge in [-0.05, 0) is 76.1 Å². The number of aliphatic hydroxyl groups is 1. The zero-order valence-corrected chi connectivity index (χ0v) is 25.1. The summed E-state index contributed by atoms with van der Waals surface area (Å²) < 4.78 is 38.8. The molecular formula is C29H44N4O6S. The van der Waals surface area contributed by atoms with Gasteiger partial charge in [0.25, 0.3) is 5.91 Å². The molecule has 1 aromatic carbocycles. The third kappa shape index (κ3) is 9.72. The molecule has 40 heavy (non-hydrogen) atoms. The molecule has 2 N–H and O–H groups in total. The Kier molecular flexibility index (Phi) is 11.7. The third-order valence-electron chi connectivity index (χ3n) is 7.05. The Balaban J connectivity index is 1.92. The summed E-state index contributed by atoms with van der Waals surface area (Å²) in [6, 6.07) is 8.24. The van der Waals surface area contributed by atoms with Crippen LogP contribution in [0, 0.1) is 5.92 Å². The maximum Gasteiger partial charge on any atom is 0.258 e. The summed E-state index contributed by atoms with van der Waals surface area (Å²) in [4.78, 5) is 22.0. The van der Waals surface area contributed by atoms with Gasteiger partial charge in [0.15, 0.2) is 0 Å². The maximum absolute atomic E-state index is 14.0. The molecule has 11 heteroatoms. The minimum Gasteiger partial charge on any atom is -0.490 e. The van der Waals surface area contributed by atoms with Crippen LogP contribution in [0.25, 0.3) is 0 Å². The van der Waals surface area contributed by atoms with E-state index in [0.29, 0.717) is 25.4 Å². The molecule has 3 rings (SSSR count). The average Bonchev–Trinajstić information content (AvgIpc) is 2.90. The summed E-state index contributed by atoms with van der Waals surface area (Å²) in [6.45, 7) is 7.93. The number of likely N-dealkylation sites (N-methyl/N-ethyl adjacent to an activating group) is 1. The molecule has 0 saturated carbocycles. The number of carbonyl (C=O) groups excluding carboxylic acids is 1. The summed E-state index contributed by atoms with van der Waals surface area (Å²) in [7, 11) is -1.50. The fourth-order valence-electron chi connectivity index (χ4n) is 4.83. The quantitative estimate of drug-likeness (QED) is 0.491. The number of ether oxygens (including phenoxy) is 2. The number of pyridine rings is 1. The lowest BCUT2D eigenvalue weighted by Crippen LogP contribution is -2.47. The molecule has 0 radical (unpaired) electrons. The first kappa shape index (κ1) is 31.8. The summed E-state index contributed by atoms with van der Waals surface area (Å²) in [5.41, 5.74) is 1.67. The van der Waals surface area contributed by atoms with Crippen molar-refractivity contribution >= 4 is 21.6 Å². The van der Waals surface area contributed by atoms with E-state index >= 15 is 0 Å². The van der Waals surface area contributed by atoms with Crippen LogP contribution >= 0.6 is 0 Å². The minimum absolute atomic E-state index is 0.0543. The molecule has 2 aromatic rings. The minimum atomic E-state index is -3.55. The van der Waals surface area contributed by atoms with Gasteiger partial charge in [0, 0.05) is 50.2 Å². The van der Waals surface area contributed by atoms with Crippen molar-refractivity contribution in [2.45, 2.75) is 64.8 Å². The first-order valence-electron chi connectivity index (χ1n) is 13.9. The van der Waals surface area contributed by atoms with E-state index in [-0.39, 0.29) is 41.9 Å². The molecule has 1 amide bonds. The number of sulfonamides is 1. The number of nitrogens with one attached hydrogen (secondary N) is 1. The van der Waals surface area contributed by atoms with E-state index in [0.717, 1.165) is 37.6 Å². The molecule has 0 aliphatic carbocycles. The smallest absolute Gasteiger partial charge is 0.258 e. The van der Waals surface area contributed by atoms with E-state index in [4.69, 9.17) is 9.47 Å². The zero-order valence-electron chi connectivity index (χ0n) is 24.2. The second-order valence-corrected chi connectivity index (χ2v) is 12.7. The fraction of sp³-hybridized carbons (Fsp3) is 0.586. The van der Waals surface area contributed by atoms with Crippen molar-refractivity contribution in [2.75, 3.05) is 44.3 Å². The monoisotopic (exact) mass is 576 g/mol. The van der Waals surface area contributed by atoms with E-state index in [2.05, 4.69) is 21.5 Å². The largest absolute Gasteiger partial charge is 0.490 e. The van der Waals surface area contributed by atoms with Crippen LogP contribution in [0.4, 0.5) is 5.69 Å². The number of fused-ring (bicyclic) bond motifs is 1. The van der Waals surface area contributed by atoms with Crippen molar-refractivity contribution in [3.8, 4) is 5.75 Å². The molecule has 0 fully saturated rings. The van der Waals surface area contributed by atoms with Gasteiger partial charge in [-0.25, -0.2) is 8.42 Å². The summed E-state index contributed by atoms with van der Waals surface area (Å²) in [5.74, 6) is -0.00334. The predicted molar refractivity (Wildman–Crippen MR) is 156 cm³/mol. The van der Waals surface area contributed by atoms with Crippen LogP contribution in [0.2, 0.25) is 0 Å². The lowest BCUT2D eigenvalue weighted by atomic mass is 10.0. The van der Waals surface area contributed by atoms with Gasteiger partial charge in [-0.3, -0.25) is 19.4 Å². The highest BCUT2D eigenvalue weighted by Crippen LogP contribution is 2.29. The standard InChI is InChI=1S/C29H44N4O6S/c1-21-17-33(22(2)20-34)29(35)26-16-25(31-40(5,36)37)9-10-27(26)39-23(3)8-6-7-15-38-28(21)19-32(4)18-24-11-13-30-14-12-24/h9-14,16,21-23,28,31,34H,6-8,15,17-20H2,1-5H3/t21-,22+,23-,28+/m1/s1. The average molecular weight is 577 g/mol. The van der Waals surface area contributed by atoms with Crippen LogP contribution in [0.5, 0.6) is 5.75 Å². The van der Waals surface area contributed by atoms with Crippen molar-refractivity contribution < 1.29 is 27.8 Å². The molecule has 0 bridgehead atoms. The fourth-order valence-corrected chi connectivity index (χ4v) is 5.39. The molecular weight excluding hydrogens is 532 g/mol. The summed E-state index contributed by atoms with van der Waals surface area (Å²) in [6.07, 6.45) is 6.87. The first-order valence-corrected chi connectivity index (χ1v) is 15.7. The predicted octanol–water partition coefficient (Wildman–Crippen LogP) is 3.38. The van der Waals surface area contributed by atoms with Gasteiger partial charge >= 0.3 is 0 Å². The van der Waals surface area contributed by atoms with Gasteiger partial charge in [-0.2, -0.15) is 0 Å². The topological polar surface area (TPSA) is 121 Å². The highest BCUT2D eigenvalue weighted by atomic mass is 32.2. The molecule has 1 aliphatic rings. The van der Waals surface area contributed by atoms with E-state index in [1.165, 1.54) is 6.07 Å². The lowest BCUT2D eigenvalue weighted by Gasteiger charge is -2.36. The van der Waals surface area contributed by atoms with Gasteiger partial charge in [-0.1, -0.05) is 6.92 Å². The molecule has 0 spiro atoms. The van der Waals surface area contributed by atoms with Crippen molar-refractivity contribution in [3.05, 3.63) is 53.9 Å². The SMILES string of the molecule is C[C@@H]1CCCCO[C@@H](CN(C)Cc2ccncc2)[C@H](C)CN([C@@H](C)CO)C(=O)c2cc(NS(C)(=O)=O)ccc2O1. The van der Waals surface area contributed by atoms with Crippen LogP contribution in [0.15, 0.2) is 42.7 Å². The Labute approximate surface area is 238 Å². The van der Waals surface area contributed by atoms with Crippen molar-refractivity contribution in [2.24, 2.45) is 5.92 Å². The molecule has 0 unspecified atom stereocenters. The number of carbonyl (C=O) groups is 1. The van der Waals surface area contributed by atoms with Gasteiger partial charge in [0.2, 0.25) is 10.0 Å². The Hall–Kier alpha value is -2.73. The molecule has 222 valence electrons. The van der Waals surface area contributed by atoms with Crippen LogP contribution in [0.1, 0.15) is 56.0 Å². The Morgan fingerprint density at radius 2 is 1.93 bits per heavy atom. The highest BCUT2D eigenvalue weighted by molar-refractivity contribution is 7.92. The van der Waals surface area contributed by atoms with E-state index < -0.39 is 16.1 Å². The number of anilines is 1.